The second-order valence-electron chi connectivity index (χ2n) is 8.77. The molecule has 1 N–H and O–H groups in total. The molecule has 0 atom stereocenters. The first-order valence-electron chi connectivity index (χ1n) is 11.8. The molecule has 5 aromatic rings. The summed E-state index contributed by atoms with van der Waals surface area (Å²) in [6, 6.07) is 29.0. The van der Waals surface area contributed by atoms with Crippen molar-refractivity contribution in [1.82, 2.24) is 9.55 Å². The lowest BCUT2D eigenvalue weighted by molar-refractivity contribution is 0.589. The van der Waals surface area contributed by atoms with Crippen molar-refractivity contribution in [2.45, 2.75) is 11.4 Å². The summed E-state index contributed by atoms with van der Waals surface area (Å²) in [6.07, 6.45) is 0. The number of sulfonamides is 1. The third kappa shape index (κ3) is 5.76. The van der Waals surface area contributed by atoms with Gasteiger partial charge in [0.2, 0.25) is 10.0 Å². The van der Waals surface area contributed by atoms with Crippen LogP contribution in [0.15, 0.2) is 108 Å². The number of sulfone groups is 1. The van der Waals surface area contributed by atoms with Crippen LogP contribution >= 0.6 is 0 Å². The van der Waals surface area contributed by atoms with Gasteiger partial charge in [0, 0.05) is 17.8 Å². The van der Waals surface area contributed by atoms with Crippen molar-refractivity contribution in [3.63, 3.8) is 0 Å². The first-order chi connectivity index (χ1) is 18.2. The minimum Gasteiger partial charge on any atom is -0.319 e. The van der Waals surface area contributed by atoms with E-state index in [4.69, 9.17) is 4.98 Å². The molecule has 0 saturated carbocycles. The summed E-state index contributed by atoms with van der Waals surface area (Å²) in [5.41, 5.74) is 4.07. The average Bonchev–Trinajstić information content (AvgIpc) is 3.27. The molecule has 4 aromatic carbocycles. The first-order valence-corrected chi connectivity index (χ1v) is 15.1. The van der Waals surface area contributed by atoms with Gasteiger partial charge in [0.25, 0.3) is 0 Å². The molecular formula is C28H24FN3O4S2. The SMILES string of the molecule is O=S(=O)(CCS(=O)(=O)c1ccc(F)cc1)Nc1ccc(-c2nc3ccccc3n2Cc2ccccc2)cc1. The topological polar surface area (TPSA) is 98.1 Å². The van der Waals surface area contributed by atoms with Crippen molar-refractivity contribution in [2.24, 2.45) is 0 Å². The van der Waals surface area contributed by atoms with E-state index in [2.05, 4.69) is 9.29 Å². The molecule has 0 aliphatic carbocycles. The standard InChI is InChI=1S/C28H24FN3O4S2/c29-23-12-16-25(17-13-23)37(33,34)18-19-38(35,36)31-24-14-10-22(11-15-24)28-30-26-8-4-5-9-27(26)32(28)20-21-6-2-1-3-7-21/h1-17,31H,18-20H2. The van der Waals surface area contributed by atoms with Crippen LogP contribution in [0.3, 0.4) is 0 Å². The van der Waals surface area contributed by atoms with Gasteiger partial charge in [-0.25, -0.2) is 26.2 Å². The number of halogens is 1. The van der Waals surface area contributed by atoms with Gasteiger partial charge >= 0.3 is 0 Å². The fourth-order valence-corrected chi connectivity index (χ4v) is 7.26. The highest BCUT2D eigenvalue weighted by molar-refractivity contribution is 7.95. The van der Waals surface area contributed by atoms with E-state index in [0.717, 1.165) is 52.3 Å². The zero-order chi connectivity index (χ0) is 26.8. The molecule has 1 aromatic heterocycles. The molecule has 7 nitrogen and oxygen atoms in total. The number of aromatic nitrogens is 2. The number of fused-ring (bicyclic) bond motifs is 1. The minimum atomic E-state index is -3.95. The third-order valence-corrected chi connectivity index (χ3v) is 9.33. The van der Waals surface area contributed by atoms with Gasteiger partial charge < -0.3 is 4.57 Å². The molecule has 1 heterocycles. The van der Waals surface area contributed by atoms with Gasteiger partial charge in [-0.15, -0.1) is 0 Å². The Kier molecular flexibility index (Phi) is 7.00. The molecule has 0 unspecified atom stereocenters. The lowest BCUT2D eigenvalue weighted by Crippen LogP contribution is -2.23. The van der Waals surface area contributed by atoms with E-state index in [9.17, 15) is 21.2 Å². The number of nitrogens with one attached hydrogen (secondary N) is 1. The van der Waals surface area contributed by atoms with E-state index >= 15 is 0 Å². The van der Waals surface area contributed by atoms with Gasteiger partial charge in [0.05, 0.1) is 27.4 Å². The summed E-state index contributed by atoms with van der Waals surface area (Å²) >= 11 is 0. The number of para-hydroxylation sites is 2. The quantitative estimate of drug-likeness (QED) is 0.258. The van der Waals surface area contributed by atoms with Gasteiger partial charge in [0.15, 0.2) is 9.84 Å². The van der Waals surface area contributed by atoms with E-state index in [-0.39, 0.29) is 4.90 Å². The Labute approximate surface area is 220 Å². The Morgan fingerprint density at radius 1 is 0.737 bits per heavy atom. The number of nitrogens with zero attached hydrogens (tertiary/aromatic N) is 2. The lowest BCUT2D eigenvalue weighted by Gasteiger charge is -2.11. The highest BCUT2D eigenvalue weighted by atomic mass is 32.2. The molecule has 0 amide bonds. The van der Waals surface area contributed by atoms with Gasteiger partial charge in [-0.1, -0.05) is 42.5 Å². The Morgan fingerprint density at radius 3 is 2.11 bits per heavy atom. The van der Waals surface area contributed by atoms with Crippen LogP contribution in [-0.2, 0) is 26.4 Å². The van der Waals surface area contributed by atoms with E-state index in [1.807, 2.05) is 54.6 Å². The highest BCUT2D eigenvalue weighted by Gasteiger charge is 2.20. The fraction of sp³-hybridized carbons (Fsp3) is 0.107. The van der Waals surface area contributed by atoms with Gasteiger partial charge in [-0.3, -0.25) is 4.72 Å². The van der Waals surface area contributed by atoms with E-state index < -0.39 is 37.2 Å². The summed E-state index contributed by atoms with van der Waals surface area (Å²) in [5, 5.41) is 0. The number of benzene rings is 4. The summed E-state index contributed by atoms with van der Waals surface area (Å²) in [6.45, 7) is 0.619. The van der Waals surface area contributed by atoms with Gasteiger partial charge in [-0.2, -0.15) is 0 Å². The number of anilines is 1. The lowest BCUT2D eigenvalue weighted by atomic mass is 10.2. The summed E-state index contributed by atoms with van der Waals surface area (Å²) in [7, 11) is -7.84. The van der Waals surface area contributed by atoms with Crippen LogP contribution in [0.2, 0.25) is 0 Å². The zero-order valence-electron chi connectivity index (χ0n) is 20.2. The molecule has 0 aliphatic rings. The van der Waals surface area contributed by atoms with Crippen LogP contribution in [0.25, 0.3) is 22.4 Å². The normalized spacial score (nSPS) is 12.0. The zero-order valence-corrected chi connectivity index (χ0v) is 21.8. The molecule has 0 fully saturated rings. The number of imidazole rings is 1. The van der Waals surface area contributed by atoms with Crippen molar-refractivity contribution >= 4 is 36.6 Å². The van der Waals surface area contributed by atoms with Crippen molar-refractivity contribution in [3.8, 4) is 11.4 Å². The molecule has 0 spiro atoms. The molecule has 10 heteroatoms. The second kappa shape index (κ2) is 10.4. The molecule has 5 rings (SSSR count). The van der Waals surface area contributed by atoms with E-state index in [1.165, 1.54) is 0 Å². The Morgan fingerprint density at radius 2 is 1.39 bits per heavy atom. The molecule has 38 heavy (non-hydrogen) atoms. The van der Waals surface area contributed by atoms with E-state index in [1.54, 1.807) is 24.3 Å². The number of rotatable bonds is 9. The van der Waals surface area contributed by atoms with Crippen molar-refractivity contribution in [2.75, 3.05) is 16.2 Å². The van der Waals surface area contributed by atoms with Gasteiger partial charge in [-0.05, 0) is 66.2 Å². The highest BCUT2D eigenvalue weighted by Crippen LogP contribution is 2.27. The maximum absolute atomic E-state index is 13.1. The second-order valence-corrected chi connectivity index (χ2v) is 12.7. The molecule has 0 aliphatic heterocycles. The Hall–Kier alpha value is -4.02. The average molecular weight is 550 g/mol. The largest absolute Gasteiger partial charge is 0.319 e. The van der Waals surface area contributed by atoms with Crippen molar-refractivity contribution < 1.29 is 21.2 Å². The van der Waals surface area contributed by atoms with Gasteiger partial charge in [0.1, 0.15) is 11.6 Å². The maximum atomic E-state index is 13.1. The Balaban J connectivity index is 1.34. The van der Waals surface area contributed by atoms with E-state index in [0.29, 0.717) is 12.2 Å². The molecule has 0 saturated heterocycles. The van der Waals surface area contributed by atoms with Crippen LogP contribution in [0.4, 0.5) is 10.1 Å². The van der Waals surface area contributed by atoms with Crippen LogP contribution in [0.5, 0.6) is 0 Å². The number of hydrogen-bond donors (Lipinski definition) is 1. The number of hydrogen-bond acceptors (Lipinski definition) is 5. The molecular weight excluding hydrogens is 525 g/mol. The summed E-state index contributed by atoms with van der Waals surface area (Å²) in [5.74, 6) is -1.09. The molecule has 0 bridgehead atoms. The summed E-state index contributed by atoms with van der Waals surface area (Å²) in [4.78, 5) is 4.68. The van der Waals surface area contributed by atoms with Crippen molar-refractivity contribution in [1.29, 1.82) is 0 Å². The predicted molar refractivity (Wildman–Crippen MR) is 147 cm³/mol. The maximum Gasteiger partial charge on any atom is 0.233 e. The molecule has 0 radical (unpaired) electrons. The smallest absolute Gasteiger partial charge is 0.233 e. The fourth-order valence-electron chi connectivity index (χ4n) is 4.12. The van der Waals surface area contributed by atoms with Crippen LogP contribution in [0, 0.1) is 5.82 Å². The third-order valence-electron chi connectivity index (χ3n) is 6.05. The first kappa shape index (κ1) is 25.6. The Bertz CT molecular complexity index is 1790. The molecule has 194 valence electrons. The monoisotopic (exact) mass is 549 g/mol. The van der Waals surface area contributed by atoms with Crippen LogP contribution in [-0.4, -0.2) is 37.9 Å². The van der Waals surface area contributed by atoms with Crippen LogP contribution in [0.1, 0.15) is 5.56 Å². The van der Waals surface area contributed by atoms with Crippen molar-refractivity contribution in [3.05, 3.63) is 115 Å². The summed E-state index contributed by atoms with van der Waals surface area (Å²) < 4.78 is 67.8. The predicted octanol–water partition coefficient (Wildman–Crippen LogP) is 5.11. The minimum absolute atomic E-state index is 0.128. The van der Waals surface area contributed by atoms with Crippen LogP contribution < -0.4 is 4.72 Å².